The highest BCUT2D eigenvalue weighted by Crippen LogP contribution is 2.53. The van der Waals surface area contributed by atoms with Gasteiger partial charge in [-0.25, -0.2) is 9.37 Å². The predicted octanol–water partition coefficient (Wildman–Crippen LogP) is 20.3. The lowest BCUT2D eigenvalue weighted by atomic mass is 9.81. The molecule has 0 unspecified atom stereocenters. The molecule has 11 rings (SSSR count). The van der Waals surface area contributed by atoms with Crippen molar-refractivity contribution < 1.29 is 10.5 Å². The first-order chi connectivity index (χ1) is 37.1. The largest absolute Gasteiger partial charge is 0.457 e. The third kappa shape index (κ3) is 9.80. The molecule has 0 atom stereocenters. The van der Waals surface area contributed by atoms with E-state index in [2.05, 4.69) is 229 Å². The minimum Gasteiger partial charge on any atom is -0.457 e. The van der Waals surface area contributed by atoms with E-state index in [-0.39, 0.29) is 16.6 Å². The molecule has 3 heterocycles. The number of rotatable bonds is 11. The number of hydrogen-bond donors (Lipinski definition) is 0. The van der Waals surface area contributed by atoms with Crippen LogP contribution >= 0.6 is 0 Å². The summed E-state index contributed by atoms with van der Waals surface area (Å²) in [5.74, 6) is 1.70. The minimum absolute atomic E-state index is 0.0604. The Labute approximate surface area is 457 Å². The van der Waals surface area contributed by atoms with Crippen LogP contribution < -0.4 is 14.5 Å². The SMILES string of the molecule is [2H]C(C)(C)c1ccccc1-c1cc(Oc2ccc3c4ccccc4n(-c4cc(C(C)(C)C)ccn4)c3c2)cc(N2CN(c3c(-c4ccc(F)cc4)cc(C(C)(C)C)cc3-c3cc(C(C)C)cc(C(C)C)c3)c3ccccc32)c1. The zero-order valence-corrected chi connectivity index (χ0v) is 46.8. The molecule has 1 aliphatic heterocycles. The molecular weight excluding hydrogens is 944 g/mol. The lowest BCUT2D eigenvalue weighted by Gasteiger charge is -2.31. The summed E-state index contributed by atoms with van der Waals surface area (Å²) < 4.78 is 33.7. The van der Waals surface area contributed by atoms with Crippen molar-refractivity contribution in [2.24, 2.45) is 0 Å². The number of fused-ring (bicyclic) bond motifs is 4. The molecule has 0 radical (unpaired) electrons. The zero-order valence-electron chi connectivity index (χ0n) is 47.8. The highest BCUT2D eigenvalue weighted by Gasteiger charge is 2.34. The van der Waals surface area contributed by atoms with Gasteiger partial charge in [0.25, 0.3) is 0 Å². The Hall–Kier alpha value is -7.96. The Morgan fingerprint density at radius 1 is 0.519 bits per heavy atom. The molecule has 388 valence electrons. The van der Waals surface area contributed by atoms with Gasteiger partial charge >= 0.3 is 0 Å². The lowest BCUT2D eigenvalue weighted by Crippen LogP contribution is -2.25. The summed E-state index contributed by atoms with van der Waals surface area (Å²) in [6.45, 7) is 26.9. The quantitative estimate of drug-likeness (QED) is 0.129. The van der Waals surface area contributed by atoms with Crippen molar-refractivity contribution in [3.8, 4) is 50.7 Å². The van der Waals surface area contributed by atoms with Crippen LogP contribution in [0.4, 0.5) is 27.1 Å². The van der Waals surface area contributed by atoms with Gasteiger partial charge in [-0.15, -0.1) is 0 Å². The van der Waals surface area contributed by atoms with Crippen LogP contribution in [-0.4, -0.2) is 16.2 Å². The normalized spacial score (nSPS) is 13.3. The number of benzene rings is 8. The summed E-state index contributed by atoms with van der Waals surface area (Å²) in [6.07, 6.45) is 1.91. The molecule has 77 heavy (non-hydrogen) atoms. The van der Waals surface area contributed by atoms with E-state index < -0.39 is 5.89 Å². The van der Waals surface area contributed by atoms with Crippen LogP contribution in [0.25, 0.3) is 61.0 Å². The van der Waals surface area contributed by atoms with Crippen LogP contribution in [-0.2, 0) is 10.8 Å². The van der Waals surface area contributed by atoms with E-state index in [1.807, 2.05) is 38.2 Å². The van der Waals surface area contributed by atoms with Crippen LogP contribution in [0, 0.1) is 5.82 Å². The maximum absolute atomic E-state index is 14.9. The average molecular weight is 1020 g/mol. The van der Waals surface area contributed by atoms with Crippen LogP contribution in [0.5, 0.6) is 11.5 Å². The molecule has 0 aliphatic carbocycles. The number of nitrogens with zero attached hydrogens (tertiary/aromatic N) is 4. The summed E-state index contributed by atoms with van der Waals surface area (Å²) in [4.78, 5) is 9.79. The van der Waals surface area contributed by atoms with Crippen molar-refractivity contribution in [1.82, 2.24) is 9.55 Å². The number of pyridine rings is 1. The average Bonchev–Trinajstić information content (AvgIpc) is 4.17. The van der Waals surface area contributed by atoms with Crippen LogP contribution in [0.3, 0.4) is 0 Å². The van der Waals surface area contributed by atoms with E-state index in [9.17, 15) is 5.76 Å². The van der Waals surface area contributed by atoms with Crippen molar-refractivity contribution in [3.05, 3.63) is 216 Å². The van der Waals surface area contributed by atoms with E-state index in [1.165, 1.54) is 22.3 Å². The smallest absolute Gasteiger partial charge is 0.137 e. The topological polar surface area (TPSA) is 33.5 Å². The number of hydrogen-bond acceptors (Lipinski definition) is 4. The van der Waals surface area contributed by atoms with E-state index in [1.54, 1.807) is 12.1 Å². The summed E-state index contributed by atoms with van der Waals surface area (Å²) in [6, 6.07) is 61.5. The molecule has 0 bridgehead atoms. The van der Waals surface area contributed by atoms with E-state index in [4.69, 9.17) is 9.72 Å². The minimum atomic E-state index is -0.879. The molecule has 0 saturated heterocycles. The van der Waals surface area contributed by atoms with Crippen molar-refractivity contribution in [2.75, 3.05) is 16.5 Å². The molecule has 5 nitrogen and oxygen atoms in total. The van der Waals surface area contributed by atoms with Gasteiger partial charge in [0, 0.05) is 47.3 Å². The summed E-state index contributed by atoms with van der Waals surface area (Å²) in [5, 5.41) is 2.26. The van der Waals surface area contributed by atoms with Crippen molar-refractivity contribution in [2.45, 2.75) is 112 Å². The van der Waals surface area contributed by atoms with Crippen molar-refractivity contribution >= 4 is 44.6 Å². The summed E-state index contributed by atoms with van der Waals surface area (Å²) in [7, 11) is 0. The predicted molar refractivity (Wildman–Crippen MR) is 323 cm³/mol. The highest BCUT2D eigenvalue weighted by molar-refractivity contribution is 6.09. The van der Waals surface area contributed by atoms with Gasteiger partial charge in [-0.05, 0) is 157 Å². The monoisotopic (exact) mass is 1020 g/mol. The van der Waals surface area contributed by atoms with Crippen molar-refractivity contribution in [3.63, 3.8) is 0 Å². The van der Waals surface area contributed by atoms with Gasteiger partial charge in [0.1, 0.15) is 29.8 Å². The van der Waals surface area contributed by atoms with E-state index >= 15 is 0 Å². The molecule has 6 heteroatoms. The molecule has 10 aromatic rings. The maximum atomic E-state index is 14.9. The first kappa shape index (κ1) is 49.9. The Bertz CT molecular complexity index is 3880. The number of anilines is 4. The van der Waals surface area contributed by atoms with Crippen LogP contribution in [0.2, 0.25) is 0 Å². The molecule has 2 aromatic heterocycles. The summed E-state index contributed by atoms with van der Waals surface area (Å²) in [5.41, 5.74) is 18.0. The standard InChI is InChI=1S/C71H71FN4O/c1-44(2)48-33-49(45(3)4)35-50(34-48)63-39-53(71(10,11)12)38-62(47-25-27-54(72)28-26-47)69(63)75-43-74(65-23-17-18-24-66(65)75)55-36-51(59-20-14-13-19-58(59)46(5)6)37-57(41-55)77-56-29-30-61-60-21-15-16-22-64(60)76(67(61)42-56)68-40-52(31-32-73-68)70(7,8)9/h13-42,44-46H,43H2,1-12H3/i46D. The third-order valence-corrected chi connectivity index (χ3v) is 15.5. The molecule has 0 fully saturated rings. The van der Waals surface area contributed by atoms with Gasteiger partial charge < -0.3 is 14.5 Å². The number of para-hydroxylation sites is 3. The Morgan fingerprint density at radius 3 is 1.81 bits per heavy atom. The Morgan fingerprint density at radius 2 is 1.13 bits per heavy atom. The fourth-order valence-corrected chi connectivity index (χ4v) is 11.1. The van der Waals surface area contributed by atoms with Gasteiger partial charge in [0.2, 0.25) is 0 Å². The van der Waals surface area contributed by atoms with Gasteiger partial charge in [-0.2, -0.15) is 0 Å². The fourth-order valence-electron chi connectivity index (χ4n) is 11.1. The van der Waals surface area contributed by atoms with Gasteiger partial charge in [0.15, 0.2) is 0 Å². The number of halogens is 1. The fraction of sp³-hybridized carbons (Fsp3) is 0.254. The highest BCUT2D eigenvalue weighted by atomic mass is 19.1. The molecular formula is C71H71FN4O. The second-order valence-corrected chi connectivity index (χ2v) is 23.9. The molecule has 8 aromatic carbocycles. The second-order valence-electron chi connectivity index (χ2n) is 23.9. The number of ether oxygens (including phenoxy) is 1. The van der Waals surface area contributed by atoms with Crippen LogP contribution in [0.15, 0.2) is 182 Å². The van der Waals surface area contributed by atoms with Crippen LogP contribution in [0.1, 0.15) is 130 Å². The second kappa shape index (κ2) is 19.9. The van der Waals surface area contributed by atoms with E-state index in [0.29, 0.717) is 30.0 Å². The summed E-state index contributed by atoms with van der Waals surface area (Å²) >= 11 is 0. The number of aromatic nitrogens is 2. The molecule has 0 amide bonds. The lowest BCUT2D eigenvalue weighted by molar-refractivity contribution is 0.483. The van der Waals surface area contributed by atoms with Gasteiger partial charge in [0.05, 0.1) is 28.1 Å². The maximum Gasteiger partial charge on any atom is 0.137 e. The van der Waals surface area contributed by atoms with Gasteiger partial charge in [-0.1, -0.05) is 168 Å². The molecule has 1 aliphatic rings. The molecule has 0 N–H and O–H groups in total. The van der Waals surface area contributed by atoms with Gasteiger partial charge in [-0.3, -0.25) is 4.57 Å². The van der Waals surface area contributed by atoms with E-state index in [0.717, 1.165) is 89.3 Å². The Balaban J connectivity index is 1.11. The first-order valence-electron chi connectivity index (χ1n) is 27.8. The molecule has 0 saturated carbocycles. The first-order valence-corrected chi connectivity index (χ1v) is 27.3. The van der Waals surface area contributed by atoms with Crippen molar-refractivity contribution in [1.29, 1.82) is 0 Å². The Kier molecular flexibility index (Phi) is 12.9. The zero-order chi connectivity index (χ0) is 55.0. The third-order valence-electron chi connectivity index (χ3n) is 15.5. The molecule has 0 spiro atoms.